The highest BCUT2D eigenvalue weighted by Crippen LogP contribution is 2.06. The van der Waals surface area contributed by atoms with Crippen molar-refractivity contribution in [1.29, 1.82) is 5.53 Å². The van der Waals surface area contributed by atoms with Gasteiger partial charge in [0.05, 0.1) is 0 Å². The molecule has 0 saturated carbocycles. The van der Waals surface area contributed by atoms with Gasteiger partial charge in [-0.25, -0.2) is 0 Å². The second-order valence-corrected chi connectivity index (χ2v) is 2.39. The fourth-order valence-electron chi connectivity index (χ4n) is 0. The van der Waals surface area contributed by atoms with Crippen LogP contribution in [0, 0.1) is 5.53 Å². The molecule has 0 unspecified atom stereocenters. The maximum atomic E-state index is 9.55. The second kappa shape index (κ2) is 4.58. The van der Waals surface area contributed by atoms with Gasteiger partial charge in [0.1, 0.15) is 0 Å². The number of nitrogens with zero attached hydrogens (tertiary/aromatic N) is 2. The molecule has 0 fully saturated rings. The Morgan fingerprint density at radius 3 is 1.50 bits per heavy atom. The summed E-state index contributed by atoms with van der Waals surface area (Å²) >= 11 is 0. The molecule has 0 aliphatic rings. The summed E-state index contributed by atoms with van der Waals surface area (Å²) < 4.78 is 9.55. The quantitative estimate of drug-likeness (QED) is 0.159. The van der Waals surface area contributed by atoms with E-state index in [1.165, 1.54) is 0 Å². The van der Waals surface area contributed by atoms with Crippen molar-refractivity contribution in [3.05, 3.63) is 10.4 Å². The highest BCUT2D eigenvalue weighted by Gasteiger charge is 1.90. The average Bonchev–Trinajstić information content (AvgIpc) is 1.27. The van der Waals surface area contributed by atoms with Crippen LogP contribution >= 0.6 is 7.59 Å². The summed E-state index contributed by atoms with van der Waals surface area (Å²) in [5, 5.41) is 0. The molecule has 8 heteroatoms. The molecule has 0 atom stereocenters. The summed E-state index contributed by atoms with van der Waals surface area (Å²) in [6.45, 7) is 0. The van der Waals surface area contributed by atoms with E-state index in [9.17, 15) is 4.57 Å². The molecule has 0 aliphatic heterocycles. The lowest BCUT2D eigenvalue weighted by molar-refractivity contribution is 0.577. The SMILES string of the molecule is NP(N)(N)=O.[N-]=[N+]=N. The minimum absolute atomic E-state index is 1.75. The van der Waals surface area contributed by atoms with Crippen molar-refractivity contribution < 1.29 is 4.57 Å². The Kier molecular flexibility index (Phi) is 5.95. The van der Waals surface area contributed by atoms with E-state index >= 15 is 0 Å². The molecule has 0 bridgehead atoms. The minimum Gasteiger partial charge on any atom is -0.272 e. The molecular weight excluding hydrogens is 131 g/mol. The van der Waals surface area contributed by atoms with Crippen molar-refractivity contribution in [1.82, 2.24) is 0 Å². The van der Waals surface area contributed by atoms with Crippen LogP contribution in [-0.4, -0.2) is 0 Å². The van der Waals surface area contributed by atoms with Gasteiger partial charge in [0.15, 0.2) is 0 Å². The van der Waals surface area contributed by atoms with Crippen LogP contribution in [0.1, 0.15) is 0 Å². The topological polar surface area (TPSA) is 155 Å². The van der Waals surface area contributed by atoms with Crippen LogP contribution in [0.5, 0.6) is 0 Å². The third-order valence-electron chi connectivity index (χ3n) is 0. The molecular formula is H7N6OP. The molecule has 0 radical (unpaired) electrons. The third-order valence-corrected chi connectivity index (χ3v) is 0. The predicted molar refractivity (Wildman–Crippen MR) is 29.6 cm³/mol. The van der Waals surface area contributed by atoms with Crippen LogP contribution in [-0.2, 0) is 4.57 Å². The van der Waals surface area contributed by atoms with Gasteiger partial charge in [-0.3, -0.25) is 21.1 Å². The van der Waals surface area contributed by atoms with Crippen LogP contribution in [0.4, 0.5) is 0 Å². The van der Waals surface area contributed by atoms with Gasteiger partial charge < -0.3 is 0 Å². The molecule has 0 amide bonds. The second-order valence-electron chi connectivity index (χ2n) is 0.863. The molecule has 7 nitrogen and oxygen atoms in total. The third kappa shape index (κ3) is 315. The maximum absolute atomic E-state index is 9.55. The summed E-state index contributed by atoms with van der Waals surface area (Å²) in [4.78, 5) is 1.75. The van der Waals surface area contributed by atoms with Crippen LogP contribution in [0.25, 0.3) is 10.4 Å². The van der Waals surface area contributed by atoms with E-state index < -0.39 is 7.59 Å². The van der Waals surface area contributed by atoms with Gasteiger partial charge in [-0.15, -0.1) is 5.53 Å². The summed E-state index contributed by atoms with van der Waals surface area (Å²) in [5.74, 6) is 0. The molecule has 0 aliphatic carbocycles. The molecule has 0 spiro atoms. The number of rotatable bonds is 0. The van der Waals surface area contributed by atoms with Crippen molar-refractivity contribution in [2.75, 3.05) is 0 Å². The van der Waals surface area contributed by atoms with Gasteiger partial charge >= 0.3 is 0 Å². The first kappa shape index (κ1) is 10.4. The Bertz CT molecular complexity index is 106. The zero-order chi connectivity index (χ0) is 7.21. The van der Waals surface area contributed by atoms with Gasteiger partial charge in [-0.05, 0) is 10.4 Å². The first-order valence-electron chi connectivity index (χ1n) is 1.38. The van der Waals surface area contributed by atoms with Crippen molar-refractivity contribution in [3.8, 4) is 0 Å². The standard InChI is InChI=1S/H6N3OP.HN3/c1-5(2,3)4;1-3-2/h(H6,1,2,3,4);1H. The van der Waals surface area contributed by atoms with Gasteiger partial charge in [0.2, 0.25) is 0 Å². The monoisotopic (exact) mass is 138 g/mol. The fourth-order valence-corrected chi connectivity index (χ4v) is 0. The minimum atomic E-state index is -3.14. The first-order valence-corrected chi connectivity index (χ1v) is 3.30. The van der Waals surface area contributed by atoms with E-state index in [4.69, 9.17) is 11.1 Å². The Hall–Kier alpha value is -0.580. The van der Waals surface area contributed by atoms with Crippen molar-refractivity contribution >= 4 is 7.59 Å². The lowest BCUT2D eigenvalue weighted by Crippen LogP contribution is -2.12. The molecule has 0 aromatic rings. The summed E-state index contributed by atoms with van der Waals surface area (Å²) in [6.07, 6.45) is 0. The lowest BCUT2D eigenvalue weighted by Gasteiger charge is -1.88. The number of hydrogen-bond acceptors (Lipinski definition) is 2. The molecule has 8 heavy (non-hydrogen) atoms. The summed E-state index contributed by atoms with van der Waals surface area (Å²) in [7, 11) is -3.14. The van der Waals surface area contributed by atoms with Crippen molar-refractivity contribution in [2.24, 2.45) is 16.5 Å². The predicted octanol–water partition coefficient (Wildman–Crippen LogP) is -0.154. The van der Waals surface area contributed by atoms with Gasteiger partial charge in [-0.2, -0.15) is 0 Å². The number of nitrogens with one attached hydrogen (secondary N) is 1. The van der Waals surface area contributed by atoms with E-state index in [0.29, 0.717) is 0 Å². The van der Waals surface area contributed by atoms with Crippen LogP contribution in [0.3, 0.4) is 0 Å². The summed E-state index contributed by atoms with van der Waals surface area (Å²) in [6, 6.07) is 0. The largest absolute Gasteiger partial charge is 0.272 e. The van der Waals surface area contributed by atoms with Crippen LogP contribution in [0.15, 0.2) is 0 Å². The van der Waals surface area contributed by atoms with Crippen molar-refractivity contribution in [2.45, 2.75) is 0 Å². The zero-order valence-corrected chi connectivity index (χ0v) is 4.88. The van der Waals surface area contributed by atoms with E-state index in [0.717, 1.165) is 0 Å². The smallest absolute Gasteiger partial charge is 0.271 e. The van der Waals surface area contributed by atoms with E-state index in [2.05, 4.69) is 16.5 Å². The molecule has 0 saturated heterocycles. The Morgan fingerprint density at radius 1 is 1.50 bits per heavy atom. The highest BCUT2D eigenvalue weighted by atomic mass is 31.2. The fraction of sp³-hybridized carbons (Fsp3) is 0. The molecule has 48 valence electrons. The Balaban J connectivity index is 0. The van der Waals surface area contributed by atoms with Gasteiger partial charge in [-0.1, -0.05) is 0 Å². The zero-order valence-electron chi connectivity index (χ0n) is 3.98. The van der Waals surface area contributed by atoms with Crippen molar-refractivity contribution in [3.63, 3.8) is 0 Å². The average molecular weight is 138 g/mol. The summed E-state index contributed by atoms with van der Waals surface area (Å²) in [5.41, 5.74) is 25.6. The van der Waals surface area contributed by atoms with E-state index in [-0.39, 0.29) is 0 Å². The number of hydrogen-bond donors (Lipinski definition) is 4. The van der Waals surface area contributed by atoms with Gasteiger partial charge in [0.25, 0.3) is 7.59 Å². The van der Waals surface area contributed by atoms with E-state index in [1.807, 2.05) is 0 Å². The molecule has 0 rings (SSSR count). The highest BCUT2D eigenvalue weighted by molar-refractivity contribution is 7.56. The van der Waals surface area contributed by atoms with Crippen LogP contribution < -0.4 is 16.5 Å². The van der Waals surface area contributed by atoms with Crippen LogP contribution in [0.2, 0.25) is 0 Å². The Morgan fingerprint density at radius 2 is 1.50 bits per heavy atom. The first-order chi connectivity index (χ1) is 3.41. The van der Waals surface area contributed by atoms with E-state index in [1.54, 1.807) is 4.91 Å². The molecule has 0 aromatic heterocycles. The number of nitrogens with two attached hydrogens (primary N) is 3. The van der Waals surface area contributed by atoms with Gasteiger partial charge in [0, 0.05) is 0 Å². The lowest BCUT2D eigenvalue weighted by atomic mass is 13.0. The normalized spacial score (nSPS) is 8.38. The molecule has 0 heterocycles. The maximum Gasteiger partial charge on any atom is 0.271 e. The Labute approximate surface area is 45.8 Å². The molecule has 0 aromatic carbocycles. The molecule has 7 N–H and O–H groups in total.